The molecule has 0 rings (SSSR count). The summed E-state index contributed by atoms with van der Waals surface area (Å²) in [5.41, 5.74) is 0. The van der Waals surface area contributed by atoms with Crippen molar-refractivity contribution < 1.29 is 14.7 Å². The average molecular weight is 244 g/mol. The highest BCUT2D eigenvalue weighted by Crippen LogP contribution is 2.20. The molecule has 0 spiro atoms. The van der Waals surface area contributed by atoms with Gasteiger partial charge < -0.3 is 15.7 Å². The van der Waals surface area contributed by atoms with E-state index >= 15 is 0 Å². The fourth-order valence-electron chi connectivity index (χ4n) is 1.71. The van der Waals surface area contributed by atoms with Crippen molar-refractivity contribution in [3.05, 3.63) is 0 Å². The molecule has 0 fully saturated rings. The zero-order chi connectivity index (χ0) is 13.3. The zero-order valence-electron chi connectivity index (χ0n) is 11.0. The van der Waals surface area contributed by atoms with Crippen LogP contribution in [0.1, 0.15) is 40.0 Å². The molecular formula is C12H24N2O3. The number of nitrogens with one attached hydrogen (secondary N) is 2. The third kappa shape index (κ3) is 8.54. The van der Waals surface area contributed by atoms with Gasteiger partial charge in [0.25, 0.3) is 0 Å². The second-order valence-electron chi connectivity index (χ2n) is 4.51. The molecule has 1 atom stereocenters. The van der Waals surface area contributed by atoms with Crippen molar-refractivity contribution in [2.75, 3.05) is 13.1 Å². The lowest BCUT2D eigenvalue weighted by Crippen LogP contribution is -2.36. The predicted octanol–water partition coefficient (Wildman–Crippen LogP) is 1.83. The minimum absolute atomic E-state index is 0.159. The fraction of sp³-hybridized carbons (Fsp3) is 0.833. The average Bonchev–Trinajstić information content (AvgIpc) is 2.22. The van der Waals surface area contributed by atoms with E-state index in [0.29, 0.717) is 31.3 Å². The largest absolute Gasteiger partial charge is 0.481 e. The molecule has 0 aromatic rings. The summed E-state index contributed by atoms with van der Waals surface area (Å²) in [6.07, 6.45) is 1.69. The van der Waals surface area contributed by atoms with Gasteiger partial charge in [-0.15, -0.1) is 0 Å². The molecule has 17 heavy (non-hydrogen) atoms. The molecule has 0 bridgehead atoms. The summed E-state index contributed by atoms with van der Waals surface area (Å²) < 4.78 is 0. The van der Waals surface area contributed by atoms with E-state index in [4.69, 9.17) is 5.11 Å². The highest BCUT2D eigenvalue weighted by Gasteiger charge is 2.14. The Morgan fingerprint density at radius 2 is 1.82 bits per heavy atom. The lowest BCUT2D eigenvalue weighted by molar-refractivity contribution is -0.137. The van der Waals surface area contributed by atoms with Crippen LogP contribution in [0.4, 0.5) is 4.79 Å². The molecule has 5 nitrogen and oxygen atoms in total. The van der Waals surface area contributed by atoms with Crippen molar-refractivity contribution in [2.24, 2.45) is 11.8 Å². The van der Waals surface area contributed by atoms with E-state index in [-0.39, 0.29) is 12.5 Å². The maximum absolute atomic E-state index is 11.1. The Labute approximate surface area is 103 Å². The van der Waals surface area contributed by atoms with Crippen LogP contribution in [0, 0.1) is 11.8 Å². The molecule has 2 amide bonds. The third-order valence-corrected chi connectivity index (χ3v) is 2.81. The van der Waals surface area contributed by atoms with E-state index < -0.39 is 5.97 Å². The normalized spacial score (nSPS) is 12.2. The summed E-state index contributed by atoms with van der Waals surface area (Å²) in [5, 5.41) is 14.1. The van der Waals surface area contributed by atoms with E-state index in [9.17, 15) is 9.59 Å². The minimum Gasteiger partial charge on any atom is -0.481 e. The molecule has 5 heteroatoms. The second kappa shape index (κ2) is 8.84. The quantitative estimate of drug-likeness (QED) is 0.609. The Balaban J connectivity index is 3.85. The van der Waals surface area contributed by atoms with Crippen molar-refractivity contribution in [3.63, 3.8) is 0 Å². The number of carbonyl (C=O) groups is 2. The van der Waals surface area contributed by atoms with Gasteiger partial charge in [-0.05, 0) is 31.6 Å². The number of hydrogen-bond acceptors (Lipinski definition) is 2. The molecule has 0 saturated carbocycles. The standard InChI is InChI=1S/C12H24N2O3/c1-4-13-12(17)14-8-7-10(9(2)3)5-6-11(15)16/h9-10H,4-8H2,1-3H3,(H,15,16)(H2,13,14,17). The van der Waals surface area contributed by atoms with Crippen molar-refractivity contribution in [2.45, 2.75) is 40.0 Å². The number of amides is 2. The monoisotopic (exact) mass is 244 g/mol. The van der Waals surface area contributed by atoms with E-state index in [1.165, 1.54) is 0 Å². The molecule has 0 aliphatic rings. The second-order valence-corrected chi connectivity index (χ2v) is 4.51. The molecule has 3 N–H and O–H groups in total. The van der Waals surface area contributed by atoms with E-state index in [1.807, 2.05) is 6.92 Å². The van der Waals surface area contributed by atoms with Crippen molar-refractivity contribution in [3.8, 4) is 0 Å². The SMILES string of the molecule is CCNC(=O)NCCC(CCC(=O)O)C(C)C. The smallest absolute Gasteiger partial charge is 0.314 e. The molecule has 1 unspecified atom stereocenters. The number of carboxylic acids is 1. The maximum Gasteiger partial charge on any atom is 0.314 e. The summed E-state index contributed by atoms with van der Waals surface area (Å²) >= 11 is 0. The van der Waals surface area contributed by atoms with Crippen LogP contribution in [0.15, 0.2) is 0 Å². The summed E-state index contributed by atoms with van der Waals surface area (Å²) in [5.74, 6) is 0.0192. The van der Waals surface area contributed by atoms with Crippen LogP contribution in [-0.4, -0.2) is 30.2 Å². The maximum atomic E-state index is 11.1. The predicted molar refractivity (Wildman–Crippen MR) is 66.9 cm³/mol. The van der Waals surface area contributed by atoms with Crippen molar-refractivity contribution in [1.82, 2.24) is 10.6 Å². The zero-order valence-corrected chi connectivity index (χ0v) is 11.0. The van der Waals surface area contributed by atoms with Gasteiger partial charge in [0.1, 0.15) is 0 Å². The minimum atomic E-state index is -0.757. The van der Waals surface area contributed by atoms with Gasteiger partial charge in [-0.25, -0.2) is 4.79 Å². The summed E-state index contributed by atoms with van der Waals surface area (Å²) in [4.78, 5) is 21.7. The van der Waals surface area contributed by atoms with Crippen molar-refractivity contribution >= 4 is 12.0 Å². The number of aliphatic carboxylic acids is 1. The van der Waals surface area contributed by atoms with Crippen LogP contribution in [0.25, 0.3) is 0 Å². The molecule has 0 aliphatic heterocycles. The highest BCUT2D eigenvalue weighted by atomic mass is 16.4. The van der Waals surface area contributed by atoms with Crippen LogP contribution in [0.3, 0.4) is 0 Å². The Hall–Kier alpha value is -1.26. The first kappa shape index (κ1) is 15.7. The first-order valence-corrected chi connectivity index (χ1v) is 6.20. The van der Waals surface area contributed by atoms with E-state index in [2.05, 4.69) is 24.5 Å². The van der Waals surface area contributed by atoms with Gasteiger partial charge in [0, 0.05) is 19.5 Å². The number of carbonyl (C=O) groups excluding carboxylic acids is 1. The van der Waals surface area contributed by atoms with E-state index in [1.54, 1.807) is 0 Å². The van der Waals surface area contributed by atoms with Gasteiger partial charge in [-0.3, -0.25) is 4.79 Å². The van der Waals surface area contributed by atoms with Crippen molar-refractivity contribution in [1.29, 1.82) is 0 Å². The number of urea groups is 1. The van der Waals surface area contributed by atoms with Crippen LogP contribution in [0.2, 0.25) is 0 Å². The number of rotatable bonds is 8. The summed E-state index contributed by atoms with van der Waals surface area (Å²) in [7, 11) is 0. The lowest BCUT2D eigenvalue weighted by Gasteiger charge is -2.20. The molecule has 0 heterocycles. The number of hydrogen-bond donors (Lipinski definition) is 3. The molecule has 0 radical (unpaired) electrons. The fourth-order valence-corrected chi connectivity index (χ4v) is 1.71. The summed E-state index contributed by atoms with van der Waals surface area (Å²) in [6.45, 7) is 7.23. The summed E-state index contributed by atoms with van der Waals surface area (Å²) in [6, 6.07) is -0.159. The van der Waals surface area contributed by atoms with E-state index in [0.717, 1.165) is 6.42 Å². The molecule has 0 aromatic carbocycles. The van der Waals surface area contributed by atoms with Gasteiger partial charge >= 0.3 is 12.0 Å². The van der Waals surface area contributed by atoms with Gasteiger partial charge in [0.15, 0.2) is 0 Å². The highest BCUT2D eigenvalue weighted by molar-refractivity contribution is 5.73. The lowest BCUT2D eigenvalue weighted by atomic mass is 9.88. The van der Waals surface area contributed by atoms with Crippen LogP contribution in [0.5, 0.6) is 0 Å². The Morgan fingerprint density at radius 1 is 1.18 bits per heavy atom. The molecule has 100 valence electrons. The molecule has 0 aromatic heterocycles. The van der Waals surface area contributed by atoms with Gasteiger partial charge in [-0.2, -0.15) is 0 Å². The molecule has 0 saturated heterocycles. The Bertz CT molecular complexity index is 242. The van der Waals surface area contributed by atoms with Gasteiger partial charge in [0.05, 0.1) is 0 Å². The van der Waals surface area contributed by atoms with Crippen LogP contribution in [-0.2, 0) is 4.79 Å². The van der Waals surface area contributed by atoms with Gasteiger partial charge in [0.2, 0.25) is 0 Å². The topological polar surface area (TPSA) is 78.4 Å². The Morgan fingerprint density at radius 3 is 2.29 bits per heavy atom. The first-order chi connectivity index (χ1) is 7.97. The van der Waals surface area contributed by atoms with Crippen LogP contribution >= 0.6 is 0 Å². The Kier molecular flexibility index (Phi) is 8.19. The number of carboxylic acid groups (broad SMARTS) is 1. The van der Waals surface area contributed by atoms with Gasteiger partial charge in [-0.1, -0.05) is 13.8 Å². The van der Waals surface area contributed by atoms with Crippen LogP contribution < -0.4 is 10.6 Å². The molecular weight excluding hydrogens is 220 g/mol. The first-order valence-electron chi connectivity index (χ1n) is 6.20. The third-order valence-electron chi connectivity index (χ3n) is 2.81. The molecule has 0 aliphatic carbocycles.